The average Bonchev–Trinajstić information content (AvgIpc) is 3.04. The number of hydrogen-bond acceptors (Lipinski definition) is 4. The van der Waals surface area contributed by atoms with Crippen LogP contribution in [0, 0.1) is 5.92 Å². The lowest BCUT2D eigenvalue weighted by molar-refractivity contribution is 0.0990. The van der Waals surface area contributed by atoms with Crippen LogP contribution >= 0.6 is 11.3 Å². The van der Waals surface area contributed by atoms with Crippen LogP contribution in [0.5, 0.6) is 0 Å². The Labute approximate surface area is 130 Å². The number of thiazole rings is 1. The van der Waals surface area contributed by atoms with Crippen LogP contribution in [0.25, 0.3) is 10.2 Å². The van der Waals surface area contributed by atoms with Crippen molar-refractivity contribution in [3.05, 3.63) is 29.3 Å². The van der Waals surface area contributed by atoms with Gasteiger partial charge in [-0.05, 0) is 44.9 Å². The summed E-state index contributed by atoms with van der Waals surface area (Å²) in [5.41, 5.74) is 1.11. The van der Waals surface area contributed by atoms with E-state index >= 15 is 0 Å². The highest BCUT2D eigenvalue weighted by Gasteiger charge is 2.27. The predicted molar refractivity (Wildman–Crippen MR) is 88.8 cm³/mol. The van der Waals surface area contributed by atoms with Crippen molar-refractivity contribution in [3.8, 4) is 0 Å². The molecule has 0 bridgehead atoms. The summed E-state index contributed by atoms with van der Waals surface area (Å²) in [6.07, 6.45) is 4.21. The minimum Gasteiger partial charge on any atom is -0.393 e. The molecule has 3 atom stereocenters. The molecule has 0 saturated heterocycles. The third-order valence-electron chi connectivity index (χ3n) is 4.70. The van der Waals surface area contributed by atoms with Crippen molar-refractivity contribution >= 4 is 21.6 Å². The molecular formula is C17H24N2OS. The van der Waals surface area contributed by atoms with Gasteiger partial charge in [0.1, 0.15) is 0 Å². The van der Waals surface area contributed by atoms with Gasteiger partial charge < -0.3 is 10.0 Å². The summed E-state index contributed by atoms with van der Waals surface area (Å²) < 4.78 is 1.27. The van der Waals surface area contributed by atoms with E-state index < -0.39 is 0 Å². The molecule has 1 aliphatic rings. The number of nitrogens with zero attached hydrogens (tertiary/aromatic N) is 2. The van der Waals surface area contributed by atoms with Gasteiger partial charge in [-0.2, -0.15) is 0 Å². The van der Waals surface area contributed by atoms with Crippen LogP contribution in [-0.4, -0.2) is 40.7 Å². The Balaban J connectivity index is 1.60. The molecule has 4 heteroatoms. The van der Waals surface area contributed by atoms with Crippen molar-refractivity contribution in [2.45, 2.75) is 44.8 Å². The van der Waals surface area contributed by atoms with E-state index in [1.54, 1.807) is 11.3 Å². The van der Waals surface area contributed by atoms with Gasteiger partial charge in [-0.1, -0.05) is 18.6 Å². The van der Waals surface area contributed by atoms with Crippen LogP contribution < -0.4 is 0 Å². The van der Waals surface area contributed by atoms with E-state index in [4.69, 9.17) is 4.98 Å². The highest BCUT2D eigenvalue weighted by molar-refractivity contribution is 7.18. The largest absolute Gasteiger partial charge is 0.393 e. The molecule has 21 heavy (non-hydrogen) atoms. The average molecular weight is 304 g/mol. The van der Waals surface area contributed by atoms with Crippen molar-refractivity contribution in [3.63, 3.8) is 0 Å². The van der Waals surface area contributed by atoms with Gasteiger partial charge in [0.2, 0.25) is 0 Å². The van der Waals surface area contributed by atoms with Gasteiger partial charge in [0, 0.05) is 19.0 Å². The third kappa shape index (κ3) is 3.44. The quantitative estimate of drug-likeness (QED) is 0.920. The molecule has 0 spiro atoms. The third-order valence-corrected chi connectivity index (χ3v) is 5.76. The second kappa shape index (κ2) is 6.42. The first-order valence-electron chi connectivity index (χ1n) is 7.86. The van der Waals surface area contributed by atoms with Crippen LogP contribution in [0.3, 0.4) is 0 Å². The minimum atomic E-state index is -0.0953. The Kier molecular flexibility index (Phi) is 4.57. The molecule has 0 radical (unpaired) electrons. The molecule has 0 amide bonds. The normalized spacial score (nSPS) is 24.0. The number of para-hydroxylation sites is 1. The van der Waals surface area contributed by atoms with Gasteiger partial charge in [-0.25, -0.2) is 4.98 Å². The van der Waals surface area contributed by atoms with Gasteiger partial charge in [-0.15, -0.1) is 11.3 Å². The van der Waals surface area contributed by atoms with Gasteiger partial charge >= 0.3 is 0 Å². The maximum atomic E-state index is 9.97. The molecule has 3 unspecified atom stereocenters. The highest BCUT2D eigenvalue weighted by Crippen LogP contribution is 2.27. The number of benzene rings is 1. The standard InChI is InChI=1S/C17H24N2OS/c1-12(19(2)11-13-6-5-8-15(13)20)10-17-18-14-7-3-4-9-16(14)21-17/h3-4,7,9,12-13,15,20H,5-6,8,10-11H2,1-2H3. The minimum absolute atomic E-state index is 0.0953. The molecule has 2 aromatic rings. The van der Waals surface area contributed by atoms with E-state index in [-0.39, 0.29) is 6.10 Å². The van der Waals surface area contributed by atoms with Crippen LogP contribution in [0.2, 0.25) is 0 Å². The number of aromatic nitrogens is 1. The SMILES string of the molecule is CC(Cc1nc2ccccc2s1)N(C)CC1CCCC1O. The van der Waals surface area contributed by atoms with E-state index in [9.17, 15) is 5.11 Å². The van der Waals surface area contributed by atoms with Crippen molar-refractivity contribution in [1.29, 1.82) is 0 Å². The van der Waals surface area contributed by atoms with Gasteiger partial charge in [-0.3, -0.25) is 0 Å². The lowest BCUT2D eigenvalue weighted by Crippen LogP contribution is -2.37. The molecule has 1 aromatic carbocycles. The lowest BCUT2D eigenvalue weighted by Gasteiger charge is -2.28. The summed E-state index contributed by atoms with van der Waals surface area (Å²) in [4.78, 5) is 7.10. The number of aliphatic hydroxyl groups is 1. The van der Waals surface area contributed by atoms with Gasteiger partial charge in [0.15, 0.2) is 0 Å². The van der Waals surface area contributed by atoms with Crippen LogP contribution in [-0.2, 0) is 6.42 Å². The molecule has 3 nitrogen and oxygen atoms in total. The Morgan fingerprint density at radius 3 is 2.90 bits per heavy atom. The Morgan fingerprint density at radius 2 is 2.19 bits per heavy atom. The lowest BCUT2D eigenvalue weighted by atomic mass is 10.0. The first-order valence-corrected chi connectivity index (χ1v) is 8.68. The fourth-order valence-electron chi connectivity index (χ4n) is 3.20. The zero-order valence-electron chi connectivity index (χ0n) is 12.8. The number of fused-ring (bicyclic) bond motifs is 1. The second-order valence-electron chi connectivity index (χ2n) is 6.33. The zero-order valence-corrected chi connectivity index (χ0v) is 13.6. The number of likely N-dealkylation sites (N-methyl/N-ethyl adjacent to an activating group) is 1. The monoisotopic (exact) mass is 304 g/mol. The molecule has 1 aromatic heterocycles. The molecule has 1 heterocycles. The molecule has 114 valence electrons. The number of hydrogen-bond donors (Lipinski definition) is 1. The summed E-state index contributed by atoms with van der Waals surface area (Å²) in [6.45, 7) is 3.25. The first-order chi connectivity index (χ1) is 10.1. The Morgan fingerprint density at radius 1 is 1.38 bits per heavy atom. The molecular weight excluding hydrogens is 280 g/mol. The summed E-state index contributed by atoms with van der Waals surface area (Å²) in [7, 11) is 2.17. The van der Waals surface area contributed by atoms with Gasteiger partial charge in [0.05, 0.1) is 21.3 Å². The van der Waals surface area contributed by atoms with E-state index in [1.165, 1.54) is 22.5 Å². The van der Waals surface area contributed by atoms with E-state index in [0.717, 1.165) is 24.9 Å². The van der Waals surface area contributed by atoms with Gasteiger partial charge in [0.25, 0.3) is 0 Å². The number of rotatable bonds is 5. The number of aliphatic hydroxyl groups excluding tert-OH is 1. The first kappa shape index (κ1) is 14.9. The summed E-state index contributed by atoms with van der Waals surface area (Å²) in [6, 6.07) is 8.79. The molecule has 1 saturated carbocycles. The predicted octanol–water partition coefficient (Wildman–Crippen LogP) is 3.32. The topological polar surface area (TPSA) is 36.4 Å². The molecule has 1 aliphatic carbocycles. The second-order valence-corrected chi connectivity index (χ2v) is 7.44. The van der Waals surface area contributed by atoms with Crippen LogP contribution in [0.4, 0.5) is 0 Å². The molecule has 0 aliphatic heterocycles. The highest BCUT2D eigenvalue weighted by atomic mass is 32.1. The molecule has 3 rings (SSSR count). The fraction of sp³-hybridized carbons (Fsp3) is 0.588. The summed E-state index contributed by atoms with van der Waals surface area (Å²) >= 11 is 1.80. The van der Waals surface area contributed by atoms with E-state index in [2.05, 4.69) is 37.1 Å². The van der Waals surface area contributed by atoms with Crippen LogP contribution in [0.15, 0.2) is 24.3 Å². The maximum absolute atomic E-state index is 9.97. The maximum Gasteiger partial charge on any atom is 0.0954 e. The van der Waals surface area contributed by atoms with Crippen LogP contribution in [0.1, 0.15) is 31.2 Å². The summed E-state index contributed by atoms with van der Waals surface area (Å²) in [5, 5.41) is 11.2. The van der Waals surface area contributed by atoms with Crippen molar-refractivity contribution in [2.75, 3.05) is 13.6 Å². The Hall–Kier alpha value is -0.970. The molecule has 1 N–H and O–H groups in total. The van der Waals surface area contributed by atoms with E-state index in [1.807, 2.05) is 6.07 Å². The fourth-order valence-corrected chi connectivity index (χ4v) is 4.28. The van der Waals surface area contributed by atoms with Crippen molar-refractivity contribution < 1.29 is 5.11 Å². The van der Waals surface area contributed by atoms with Crippen molar-refractivity contribution in [1.82, 2.24) is 9.88 Å². The smallest absolute Gasteiger partial charge is 0.0954 e. The van der Waals surface area contributed by atoms with Crippen molar-refractivity contribution in [2.24, 2.45) is 5.92 Å². The summed E-state index contributed by atoms with van der Waals surface area (Å²) in [5.74, 6) is 0.452. The molecule has 1 fully saturated rings. The van der Waals surface area contributed by atoms with E-state index in [0.29, 0.717) is 12.0 Å². The zero-order chi connectivity index (χ0) is 14.8. The Bertz CT molecular complexity index is 564.